The molecule has 14 heavy (non-hydrogen) atoms. The maximum atomic E-state index is 11.1. The highest BCUT2D eigenvalue weighted by molar-refractivity contribution is 7.99. The van der Waals surface area contributed by atoms with Crippen LogP contribution in [0.1, 0.15) is 6.92 Å². The van der Waals surface area contributed by atoms with Crippen LogP contribution in [-0.2, 0) is 9.53 Å². The number of aromatic nitrogens is 1. The molecule has 78 valence electrons. The monoisotopic (exact) mass is 216 g/mol. The van der Waals surface area contributed by atoms with E-state index in [9.17, 15) is 4.79 Å². The Kier molecular flexibility index (Phi) is 4.48. The molecule has 0 fully saturated rings. The minimum Gasteiger partial charge on any atom is -0.465 e. The molecule has 0 spiro atoms. The van der Waals surface area contributed by atoms with Gasteiger partial charge in [-0.25, -0.2) is 4.98 Å². The molecule has 1 aromatic heterocycles. The average Bonchev–Trinajstić information content (AvgIpc) is 2.67. The molecule has 0 saturated carbocycles. The first-order chi connectivity index (χ1) is 6.74. The van der Waals surface area contributed by atoms with E-state index in [1.54, 1.807) is 6.92 Å². The third-order valence-corrected chi connectivity index (χ3v) is 2.36. The first-order valence-electron chi connectivity index (χ1n) is 4.18. The minimum absolute atomic E-state index is 0.343. The highest BCUT2D eigenvalue weighted by atomic mass is 32.2. The number of thioether (sulfide) groups is 1. The zero-order chi connectivity index (χ0) is 10.4. The Balaban J connectivity index is 2.27. The summed E-state index contributed by atoms with van der Waals surface area (Å²) in [5.41, 5.74) is 5.56. The molecule has 1 atom stereocenters. The van der Waals surface area contributed by atoms with Crippen LogP contribution in [0, 0.1) is 0 Å². The van der Waals surface area contributed by atoms with Gasteiger partial charge >= 0.3 is 5.97 Å². The Morgan fingerprint density at radius 3 is 3.21 bits per heavy atom. The lowest BCUT2D eigenvalue weighted by atomic mass is 10.4. The minimum atomic E-state index is -0.633. The molecule has 0 aliphatic rings. The van der Waals surface area contributed by atoms with Crippen molar-refractivity contribution < 1.29 is 13.9 Å². The van der Waals surface area contributed by atoms with E-state index in [1.807, 2.05) is 0 Å². The van der Waals surface area contributed by atoms with E-state index in [-0.39, 0.29) is 0 Å². The molecule has 1 aromatic rings. The fourth-order valence-corrected chi connectivity index (χ4v) is 1.48. The van der Waals surface area contributed by atoms with E-state index in [0.29, 0.717) is 17.6 Å². The van der Waals surface area contributed by atoms with Gasteiger partial charge in [0, 0.05) is 5.75 Å². The zero-order valence-electron chi connectivity index (χ0n) is 7.80. The highest BCUT2D eigenvalue weighted by Gasteiger charge is 2.15. The molecule has 2 N–H and O–H groups in total. The highest BCUT2D eigenvalue weighted by Crippen LogP contribution is 2.15. The lowest BCUT2D eigenvalue weighted by molar-refractivity contribution is -0.144. The van der Waals surface area contributed by atoms with Crippen molar-refractivity contribution in [3.63, 3.8) is 0 Å². The molecule has 0 radical (unpaired) electrons. The van der Waals surface area contributed by atoms with Crippen molar-refractivity contribution >= 4 is 17.7 Å². The van der Waals surface area contributed by atoms with Gasteiger partial charge in [-0.15, -0.1) is 0 Å². The van der Waals surface area contributed by atoms with E-state index < -0.39 is 12.0 Å². The number of oxazole rings is 1. The summed E-state index contributed by atoms with van der Waals surface area (Å²) in [7, 11) is 0. The molecular weight excluding hydrogens is 204 g/mol. The number of nitrogens with zero attached hydrogens (tertiary/aromatic N) is 1. The number of carbonyl (C=O) groups is 1. The summed E-state index contributed by atoms with van der Waals surface area (Å²) in [5.74, 6) is 0.00542. The number of carbonyl (C=O) groups excluding carboxylic acids is 1. The molecule has 0 amide bonds. The van der Waals surface area contributed by atoms with Crippen LogP contribution in [0.4, 0.5) is 0 Å². The fourth-order valence-electron chi connectivity index (χ4n) is 0.760. The van der Waals surface area contributed by atoms with Gasteiger partial charge in [0.15, 0.2) is 0 Å². The van der Waals surface area contributed by atoms with Gasteiger partial charge in [-0.3, -0.25) is 4.79 Å². The smallest absolute Gasteiger partial charge is 0.323 e. The number of esters is 1. The van der Waals surface area contributed by atoms with Crippen molar-refractivity contribution in [3.8, 4) is 0 Å². The number of hydrogen-bond donors (Lipinski definition) is 1. The third kappa shape index (κ3) is 3.39. The van der Waals surface area contributed by atoms with Gasteiger partial charge in [-0.2, -0.15) is 0 Å². The van der Waals surface area contributed by atoms with E-state index in [0.717, 1.165) is 0 Å². The molecule has 1 heterocycles. The molecule has 0 bridgehead atoms. The van der Waals surface area contributed by atoms with Gasteiger partial charge in [0.2, 0.25) is 0 Å². The summed E-state index contributed by atoms with van der Waals surface area (Å²) >= 11 is 1.29. The van der Waals surface area contributed by atoms with Gasteiger partial charge in [0.25, 0.3) is 5.22 Å². The van der Waals surface area contributed by atoms with Crippen LogP contribution >= 0.6 is 11.8 Å². The van der Waals surface area contributed by atoms with Crippen molar-refractivity contribution in [3.05, 3.63) is 12.5 Å². The molecule has 6 heteroatoms. The van der Waals surface area contributed by atoms with Crippen molar-refractivity contribution in [2.45, 2.75) is 18.2 Å². The average molecular weight is 216 g/mol. The van der Waals surface area contributed by atoms with Gasteiger partial charge in [0.1, 0.15) is 12.3 Å². The van der Waals surface area contributed by atoms with Crippen LogP contribution in [0.2, 0.25) is 0 Å². The number of nitrogens with two attached hydrogens (primary N) is 1. The van der Waals surface area contributed by atoms with Crippen molar-refractivity contribution in [1.29, 1.82) is 0 Å². The van der Waals surface area contributed by atoms with Crippen LogP contribution in [0.5, 0.6) is 0 Å². The predicted octanol–water partition coefficient (Wildman–Crippen LogP) is 0.657. The maximum Gasteiger partial charge on any atom is 0.323 e. The summed E-state index contributed by atoms with van der Waals surface area (Å²) < 4.78 is 9.71. The summed E-state index contributed by atoms with van der Waals surface area (Å²) in [6, 6.07) is -0.633. The Bertz CT molecular complexity index is 276. The van der Waals surface area contributed by atoms with E-state index in [4.69, 9.17) is 14.9 Å². The van der Waals surface area contributed by atoms with E-state index in [2.05, 4.69) is 4.98 Å². The summed E-state index contributed by atoms with van der Waals surface area (Å²) in [6.07, 6.45) is 3.01. The van der Waals surface area contributed by atoms with Crippen molar-refractivity contribution in [2.24, 2.45) is 5.73 Å². The zero-order valence-corrected chi connectivity index (χ0v) is 8.62. The Labute approximate surface area is 86.0 Å². The second kappa shape index (κ2) is 5.66. The van der Waals surface area contributed by atoms with Crippen LogP contribution in [0.25, 0.3) is 0 Å². The van der Waals surface area contributed by atoms with Crippen molar-refractivity contribution in [1.82, 2.24) is 4.98 Å². The topological polar surface area (TPSA) is 78.4 Å². The Hall–Kier alpha value is -1.01. The van der Waals surface area contributed by atoms with Gasteiger partial charge in [-0.1, -0.05) is 11.8 Å². The van der Waals surface area contributed by atoms with E-state index >= 15 is 0 Å². The summed E-state index contributed by atoms with van der Waals surface area (Å²) in [6.45, 7) is 2.09. The number of rotatable bonds is 5. The SMILES string of the molecule is CCOC(=O)C(N)CSc1ncco1. The molecule has 5 nitrogen and oxygen atoms in total. The van der Waals surface area contributed by atoms with Crippen molar-refractivity contribution in [2.75, 3.05) is 12.4 Å². The quantitative estimate of drug-likeness (QED) is 0.575. The molecular formula is C8H12N2O3S. The van der Waals surface area contributed by atoms with Gasteiger partial charge in [0.05, 0.1) is 12.8 Å². The molecule has 0 aliphatic carbocycles. The molecule has 1 rings (SSSR count). The molecule has 0 saturated heterocycles. The van der Waals surface area contributed by atoms with Crippen LogP contribution in [0.15, 0.2) is 22.1 Å². The predicted molar refractivity (Wildman–Crippen MR) is 51.8 cm³/mol. The summed E-state index contributed by atoms with van der Waals surface area (Å²) in [5, 5.41) is 0.504. The van der Waals surface area contributed by atoms with Crippen LogP contribution in [-0.4, -0.2) is 29.4 Å². The normalized spacial score (nSPS) is 12.4. The Morgan fingerprint density at radius 1 is 1.86 bits per heavy atom. The maximum absolute atomic E-state index is 11.1. The largest absolute Gasteiger partial charge is 0.465 e. The van der Waals surface area contributed by atoms with Gasteiger partial charge < -0.3 is 14.9 Å². The second-order valence-electron chi connectivity index (χ2n) is 2.47. The van der Waals surface area contributed by atoms with Crippen LogP contribution in [0.3, 0.4) is 0 Å². The number of ether oxygens (including phenoxy) is 1. The first kappa shape index (κ1) is 11.1. The molecule has 1 unspecified atom stereocenters. The third-order valence-electron chi connectivity index (χ3n) is 1.39. The number of hydrogen-bond acceptors (Lipinski definition) is 6. The standard InChI is InChI=1S/C8H12N2O3S/c1-2-12-7(11)6(9)5-14-8-10-3-4-13-8/h3-4,6H,2,5,9H2,1H3. The van der Waals surface area contributed by atoms with E-state index in [1.165, 1.54) is 24.2 Å². The molecule has 0 aromatic carbocycles. The van der Waals surface area contributed by atoms with Gasteiger partial charge in [-0.05, 0) is 6.92 Å². The Morgan fingerprint density at radius 2 is 2.64 bits per heavy atom. The lowest BCUT2D eigenvalue weighted by Gasteiger charge is -2.07. The summed E-state index contributed by atoms with van der Waals surface area (Å²) in [4.78, 5) is 15.0. The first-order valence-corrected chi connectivity index (χ1v) is 5.17. The second-order valence-corrected chi connectivity index (χ2v) is 3.44. The molecule has 0 aliphatic heterocycles. The van der Waals surface area contributed by atoms with Crippen LogP contribution < -0.4 is 5.73 Å². The lowest BCUT2D eigenvalue weighted by Crippen LogP contribution is -2.34. The fraction of sp³-hybridized carbons (Fsp3) is 0.500.